The summed E-state index contributed by atoms with van der Waals surface area (Å²) in [6, 6.07) is 9.06. The number of H-pyrrole nitrogens is 1. The van der Waals surface area contributed by atoms with Crippen LogP contribution in [0, 0.1) is 41.4 Å². The van der Waals surface area contributed by atoms with Crippen molar-refractivity contribution < 1.29 is 19.0 Å². The number of hydrogen-bond donors (Lipinski definition) is 1. The van der Waals surface area contributed by atoms with Crippen LogP contribution < -0.4 is 9.47 Å². The van der Waals surface area contributed by atoms with Crippen LogP contribution >= 0.6 is 0 Å². The second kappa shape index (κ2) is 10.1. The summed E-state index contributed by atoms with van der Waals surface area (Å²) in [4.78, 5) is 16.8. The van der Waals surface area contributed by atoms with E-state index in [0.29, 0.717) is 5.92 Å². The average molecular weight is 624 g/mol. The molecule has 4 aliphatic carbocycles. The number of carbonyl (C=O) groups is 1. The number of allylic oxidation sites excluding steroid dienone is 2. The Morgan fingerprint density at radius 2 is 1.63 bits per heavy atom. The number of nitrogens with one attached hydrogen (secondary N) is 1. The molecule has 5 nitrogen and oxygen atoms in total. The molecule has 46 heavy (non-hydrogen) atoms. The van der Waals surface area contributed by atoms with Crippen molar-refractivity contribution in [1.29, 1.82) is 0 Å². The van der Waals surface area contributed by atoms with Crippen molar-refractivity contribution in [3.8, 4) is 11.5 Å². The number of ether oxygens (including phenoxy) is 3. The molecule has 0 saturated heterocycles. The summed E-state index contributed by atoms with van der Waals surface area (Å²) in [5.41, 5.74) is 8.90. The lowest BCUT2D eigenvalue weighted by atomic mass is 9.34. The highest BCUT2D eigenvalue weighted by Crippen LogP contribution is 2.75. The molecule has 246 valence electrons. The summed E-state index contributed by atoms with van der Waals surface area (Å²) in [5, 5.41) is 1.28. The lowest BCUT2D eigenvalue weighted by Gasteiger charge is -2.70. The molecule has 7 rings (SSSR count). The topological polar surface area (TPSA) is 60.6 Å². The van der Waals surface area contributed by atoms with Crippen LogP contribution in [-0.2, 0) is 14.9 Å². The van der Waals surface area contributed by atoms with Crippen LogP contribution in [-0.4, -0.2) is 32.3 Å². The molecule has 0 amide bonds. The molecular weight excluding hydrogens is 570 g/mol. The molecule has 0 spiro atoms. The van der Waals surface area contributed by atoms with Crippen LogP contribution in [0.1, 0.15) is 113 Å². The van der Waals surface area contributed by atoms with E-state index < -0.39 is 5.41 Å². The highest BCUT2D eigenvalue weighted by molar-refractivity contribution is 5.86. The van der Waals surface area contributed by atoms with Gasteiger partial charge in [0.1, 0.15) is 0 Å². The van der Waals surface area contributed by atoms with Gasteiger partial charge < -0.3 is 19.2 Å². The fraction of sp³-hybridized carbons (Fsp3) is 0.585. The van der Waals surface area contributed by atoms with Gasteiger partial charge in [0.05, 0.1) is 26.7 Å². The first-order valence-corrected chi connectivity index (χ1v) is 17.3. The van der Waals surface area contributed by atoms with E-state index in [1.807, 2.05) is 0 Å². The molecule has 3 aromatic rings. The Morgan fingerprint density at radius 1 is 0.891 bits per heavy atom. The summed E-state index contributed by atoms with van der Waals surface area (Å²) >= 11 is 0. The third-order valence-corrected chi connectivity index (χ3v) is 14.4. The first-order valence-electron chi connectivity index (χ1n) is 17.3. The Kier molecular flexibility index (Phi) is 6.92. The molecule has 5 heteroatoms. The standard InChI is InChI=1S/C41H53NO4/c1-24-11-12-26-28(23-42-30(26)19-24)27-20-32-39(5,29-21-31(44-8)35(45-9)25(2)34(27)29)16-18-41(7)33-22-38(4,36(43)46-10)14-13-37(33,3)15-17-40(32,41)6/h11-12,19-21,23,27,33,42H,13-18,22H2,1-10H3/t27?,33-,37-,38-,39+,40-,41+/m1/s1. The van der Waals surface area contributed by atoms with Crippen LogP contribution in [0.2, 0.25) is 0 Å². The third kappa shape index (κ3) is 3.95. The van der Waals surface area contributed by atoms with Gasteiger partial charge in [-0.2, -0.15) is 0 Å². The van der Waals surface area contributed by atoms with Crippen molar-refractivity contribution >= 4 is 16.9 Å². The summed E-state index contributed by atoms with van der Waals surface area (Å²) in [6.45, 7) is 16.7. The molecule has 7 atom stereocenters. The Labute approximate surface area is 275 Å². The number of carbonyl (C=O) groups excluding carboxylic acids is 1. The zero-order valence-corrected chi connectivity index (χ0v) is 29.7. The van der Waals surface area contributed by atoms with E-state index in [9.17, 15) is 4.79 Å². The first-order chi connectivity index (χ1) is 21.7. The Hall–Kier alpha value is -3.21. The largest absolute Gasteiger partial charge is 0.493 e. The van der Waals surface area contributed by atoms with Crippen LogP contribution in [0.25, 0.3) is 10.9 Å². The van der Waals surface area contributed by atoms with Gasteiger partial charge in [0.25, 0.3) is 0 Å². The highest BCUT2D eigenvalue weighted by Gasteiger charge is 2.67. The van der Waals surface area contributed by atoms with Gasteiger partial charge in [-0.15, -0.1) is 0 Å². The van der Waals surface area contributed by atoms with Crippen LogP contribution in [0.4, 0.5) is 0 Å². The number of esters is 1. The van der Waals surface area contributed by atoms with Crippen molar-refractivity contribution in [2.75, 3.05) is 21.3 Å². The maximum Gasteiger partial charge on any atom is 0.311 e. The van der Waals surface area contributed by atoms with E-state index in [0.717, 1.165) is 55.6 Å². The van der Waals surface area contributed by atoms with E-state index in [1.54, 1.807) is 26.9 Å². The molecule has 3 saturated carbocycles. The van der Waals surface area contributed by atoms with E-state index in [4.69, 9.17) is 14.2 Å². The molecule has 4 aliphatic rings. The zero-order chi connectivity index (χ0) is 33.0. The van der Waals surface area contributed by atoms with Crippen molar-refractivity contribution in [1.82, 2.24) is 4.98 Å². The maximum absolute atomic E-state index is 13.2. The van der Waals surface area contributed by atoms with Gasteiger partial charge in [-0.05, 0) is 128 Å². The average Bonchev–Trinajstić information content (AvgIpc) is 3.45. The SMILES string of the molecule is COC(=O)[C@]1(C)CC[C@]2(C)CC[C@]3(C)C4=CC(c5c[nH]c6cc(C)ccc56)c5c(cc(OC)c(OC)c5C)[C@]4(C)CC[C@@]3(C)[C@@H]2C1. The van der Waals surface area contributed by atoms with Crippen molar-refractivity contribution in [2.24, 2.45) is 27.6 Å². The van der Waals surface area contributed by atoms with Crippen LogP contribution in [0.3, 0.4) is 0 Å². The molecule has 0 radical (unpaired) electrons. The third-order valence-electron chi connectivity index (χ3n) is 14.4. The number of rotatable bonds is 4. The Morgan fingerprint density at radius 3 is 2.33 bits per heavy atom. The van der Waals surface area contributed by atoms with E-state index in [2.05, 4.69) is 90.0 Å². The molecule has 0 bridgehead atoms. The fourth-order valence-electron chi connectivity index (χ4n) is 11.3. The number of aromatic amines is 1. The lowest BCUT2D eigenvalue weighted by molar-refractivity contribution is -0.179. The van der Waals surface area contributed by atoms with Gasteiger partial charge in [0.15, 0.2) is 11.5 Å². The predicted molar refractivity (Wildman–Crippen MR) is 185 cm³/mol. The molecule has 1 N–H and O–H groups in total. The number of methoxy groups -OCH3 is 3. The van der Waals surface area contributed by atoms with E-state index in [-0.39, 0.29) is 33.5 Å². The number of aryl methyl sites for hydroxylation is 1. The predicted octanol–water partition coefficient (Wildman–Crippen LogP) is 9.72. The van der Waals surface area contributed by atoms with E-state index in [1.165, 1.54) is 39.6 Å². The highest BCUT2D eigenvalue weighted by atomic mass is 16.5. The molecule has 1 heterocycles. The quantitative estimate of drug-likeness (QED) is 0.232. The minimum absolute atomic E-state index is 0.0295. The molecular formula is C41H53NO4. The smallest absolute Gasteiger partial charge is 0.311 e. The summed E-state index contributed by atoms with van der Waals surface area (Å²) in [7, 11) is 5.07. The van der Waals surface area contributed by atoms with Crippen molar-refractivity contribution in [3.63, 3.8) is 0 Å². The van der Waals surface area contributed by atoms with Crippen LogP contribution in [0.5, 0.6) is 11.5 Å². The summed E-state index contributed by atoms with van der Waals surface area (Å²) in [6.07, 6.45) is 12.3. The minimum atomic E-state index is -0.430. The fourth-order valence-corrected chi connectivity index (χ4v) is 11.3. The van der Waals surface area contributed by atoms with Gasteiger partial charge in [-0.3, -0.25) is 4.79 Å². The first kappa shape index (κ1) is 31.4. The number of benzene rings is 2. The Bertz CT molecular complexity index is 1780. The lowest BCUT2D eigenvalue weighted by Crippen LogP contribution is -2.62. The number of fused-ring (bicyclic) bond motifs is 8. The molecule has 1 unspecified atom stereocenters. The summed E-state index contributed by atoms with van der Waals surface area (Å²) < 4.78 is 17.4. The van der Waals surface area contributed by atoms with Gasteiger partial charge in [0.2, 0.25) is 0 Å². The van der Waals surface area contributed by atoms with Crippen molar-refractivity contribution in [2.45, 2.75) is 105 Å². The maximum atomic E-state index is 13.2. The number of aromatic nitrogens is 1. The van der Waals surface area contributed by atoms with Gasteiger partial charge in [0, 0.05) is 28.4 Å². The number of hydrogen-bond acceptors (Lipinski definition) is 4. The second-order valence-electron chi connectivity index (χ2n) is 16.6. The second-order valence-corrected chi connectivity index (χ2v) is 16.6. The normalized spacial score (nSPS) is 36.5. The molecule has 0 aliphatic heterocycles. The Balaban J connectivity index is 1.46. The van der Waals surface area contributed by atoms with Gasteiger partial charge in [-0.25, -0.2) is 0 Å². The summed E-state index contributed by atoms with van der Waals surface area (Å²) in [5.74, 6) is 2.11. The molecule has 2 aromatic carbocycles. The zero-order valence-electron chi connectivity index (χ0n) is 29.7. The molecule has 1 aromatic heterocycles. The van der Waals surface area contributed by atoms with Gasteiger partial charge in [-0.1, -0.05) is 51.5 Å². The van der Waals surface area contributed by atoms with E-state index >= 15 is 0 Å². The van der Waals surface area contributed by atoms with Crippen molar-refractivity contribution in [3.05, 3.63) is 69.9 Å². The monoisotopic (exact) mass is 623 g/mol. The molecule has 3 fully saturated rings. The van der Waals surface area contributed by atoms with Gasteiger partial charge >= 0.3 is 5.97 Å². The van der Waals surface area contributed by atoms with Crippen LogP contribution in [0.15, 0.2) is 42.1 Å². The minimum Gasteiger partial charge on any atom is -0.493 e.